The minimum Gasteiger partial charge on any atom is -0.322 e. The number of fused-ring (bicyclic) bond motifs is 1. The van der Waals surface area contributed by atoms with E-state index < -0.39 is 0 Å². The SMILES string of the molecule is O=C(Nc1ccccc1)c1ccc(Cn2cc(CSc3nc4ccccc4s3)nn2)cc1. The van der Waals surface area contributed by atoms with E-state index in [1.807, 2.05) is 83.7 Å². The van der Waals surface area contributed by atoms with Crippen LogP contribution in [0.4, 0.5) is 5.69 Å². The van der Waals surface area contributed by atoms with Gasteiger partial charge < -0.3 is 5.32 Å². The summed E-state index contributed by atoms with van der Waals surface area (Å²) in [7, 11) is 0. The topological polar surface area (TPSA) is 72.7 Å². The van der Waals surface area contributed by atoms with Crippen LogP contribution < -0.4 is 5.32 Å². The predicted octanol–water partition coefficient (Wildman–Crippen LogP) is 5.48. The van der Waals surface area contributed by atoms with Crippen molar-refractivity contribution in [1.82, 2.24) is 20.0 Å². The number of carbonyl (C=O) groups is 1. The number of thioether (sulfide) groups is 1. The Bertz CT molecular complexity index is 1310. The number of amides is 1. The van der Waals surface area contributed by atoms with E-state index in [9.17, 15) is 4.79 Å². The zero-order chi connectivity index (χ0) is 21.8. The molecule has 3 aromatic carbocycles. The van der Waals surface area contributed by atoms with Crippen molar-refractivity contribution >= 4 is 44.9 Å². The summed E-state index contributed by atoms with van der Waals surface area (Å²) in [5.74, 6) is 0.593. The standard InChI is InChI=1S/C24H19N5OS2/c30-23(25-19-6-2-1-3-7-19)18-12-10-17(11-13-18)14-29-15-20(27-28-29)16-31-24-26-21-8-4-5-9-22(21)32-24/h1-13,15H,14,16H2,(H,25,30). The highest BCUT2D eigenvalue weighted by molar-refractivity contribution is 8.00. The highest BCUT2D eigenvalue weighted by atomic mass is 32.2. The maximum atomic E-state index is 12.4. The normalized spacial score (nSPS) is 11.0. The first kappa shape index (κ1) is 20.4. The molecule has 0 saturated carbocycles. The van der Waals surface area contributed by atoms with Gasteiger partial charge in [0.25, 0.3) is 5.91 Å². The number of nitrogens with zero attached hydrogens (tertiary/aromatic N) is 4. The van der Waals surface area contributed by atoms with Crippen molar-refractivity contribution in [3.63, 3.8) is 0 Å². The van der Waals surface area contributed by atoms with E-state index in [4.69, 9.17) is 0 Å². The first-order valence-corrected chi connectivity index (χ1v) is 11.9. The average Bonchev–Trinajstić information content (AvgIpc) is 3.45. The van der Waals surface area contributed by atoms with Gasteiger partial charge in [-0.1, -0.05) is 59.4 Å². The summed E-state index contributed by atoms with van der Waals surface area (Å²) in [5.41, 5.74) is 4.39. The van der Waals surface area contributed by atoms with E-state index in [0.29, 0.717) is 12.1 Å². The quantitative estimate of drug-likeness (QED) is 0.328. The van der Waals surface area contributed by atoms with Crippen LogP contribution >= 0.6 is 23.1 Å². The zero-order valence-corrected chi connectivity index (χ0v) is 18.6. The molecule has 0 bridgehead atoms. The molecule has 1 N–H and O–H groups in total. The van der Waals surface area contributed by atoms with Gasteiger partial charge in [0.15, 0.2) is 4.34 Å². The van der Waals surface area contributed by atoms with Crippen LogP contribution in [-0.2, 0) is 12.3 Å². The lowest BCUT2D eigenvalue weighted by Gasteiger charge is -2.06. The molecule has 0 aliphatic heterocycles. The van der Waals surface area contributed by atoms with E-state index in [-0.39, 0.29) is 5.91 Å². The Morgan fingerprint density at radius 3 is 2.56 bits per heavy atom. The average molecular weight is 458 g/mol. The summed E-state index contributed by atoms with van der Waals surface area (Å²) >= 11 is 3.37. The van der Waals surface area contributed by atoms with Crippen LogP contribution in [0.1, 0.15) is 21.6 Å². The fraction of sp³-hybridized carbons (Fsp3) is 0.0833. The summed E-state index contributed by atoms with van der Waals surface area (Å²) in [5, 5.41) is 11.4. The lowest BCUT2D eigenvalue weighted by atomic mass is 10.1. The van der Waals surface area contributed by atoms with Gasteiger partial charge >= 0.3 is 0 Å². The van der Waals surface area contributed by atoms with E-state index in [0.717, 1.165) is 32.6 Å². The maximum absolute atomic E-state index is 12.4. The van der Waals surface area contributed by atoms with Crippen LogP contribution in [0.3, 0.4) is 0 Å². The van der Waals surface area contributed by atoms with Crippen LogP contribution in [-0.4, -0.2) is 25.9 Å². The zero-order valence-electron chi connectivity index (χ0n) is 17.0. The van der Waals surface area contributed by atoms with Gasteiger partial charge in [0, 0.05) is 23.2 Å². The molecule has 158 valence electrons. The Morgan fingerprint density at radius 2 is 1.75 bits per heavy atom. The molecule has 6 nitrogen and oxygen atoms in total. The van der Waals surface area contributed by atoms with Crippen molar-refractivity contribution in [2.45, 2.75) is 16.6 Å². The van der Waals surface area contributed by atoms with Gasteiger partial charge in [-0.25, -0.2) is 9.67 Å². The number of thiazole rings is 1. The fourth-order valence-electron chi connectivity index (χ4n) is 3.20. The molecule has 0 radical (unpaired) electrons. The number of para-hydroxylation sites is 2. The number of hydrogen-bond acceptors (Lipinski definition) is 6. The predicted molar refractivity (Wildman–Crippen MR) is 129 cm³/mol. The molecule has 0 unspecified atom stereocenters. The second kappa shape index (κ2) is 9.33. The van der Waals surface area contributed by atoms with Gasteiger partial charge in [0.05, 0.1) is 22.5 Å². The van der Waals surface area contributed by atoms with Gasteiger partial charge in [-0.15, -0.1) is 16.4 Å². The molecule has 0 fully saturated rings. The van der Waals surface area contributed by atoms with Crippen molar-refractivity contribution in [1.29, 1.82) is 0 Å². The Morgan fingerprint density at radius 1 is 0.969 bits per heavy atom. The number of anilines is 1. The fourth-order valence-corrected chi connectivity index (χ4v) is 5.15. The van der Waals surface area contributed by atoms with Gasteiger partial charge in [-0.05, 0) is 42.0 Å². The van der Waals surface area contributed by atoms with E-state index in [1.54, 1.807) is 23.1 Å². The smallest absolute Gasteiger partial charge is 0.255 e. The van der Waals surface area contributed by atoms with Gasteiger partial charge in [0.1, 0.15) is 0 Å². The molecule has 2 aromatic heterocycles. The third-order valence-electron chi connectivity index (χ3n) is 4.80. The first-order chi connectivity index (χ1) is 15.7. The van der Waals surface area contributed by atoms with E-state index in [2.05, 4.69) is 26.7 Å². The second-order valence-corrected chi connectivity index (χ2v) is 9.41. The number of benzene rings is 3. The molecule has 8 heteroatoms. The maximum Gasteiger partial charge on any atom is 0.255 e. The number of carbonyl (C=O) groups excluding carboxylic acids is 1. The van der Waals surface area contributed by atoms with Crippen molar-refractivity contribution in [3.8, 4) is 0 Å². The summed E-state index contributed by atoms with van der Waals surface area (Å²) in [4.78, 5) is 17.0. The first-order valence-electron chi connectivity index (χ1n) is 10.1. The van der Waals surface area contributed by atoms with Crippen molar-refractivity contribution < 1.29 is 4.79 Å². The Labute approximate surface area is 193 Å². The molecule has 0 aliphatic rings. The molecule has 5 rings (SSSR count). The molecular formula is C24H19N5OS2. The van der Waals surface area contributed by atoms with Gasteiger partial charge in [-0.3, -0.25) is 4.79 Å². The van der Waals surface area contributed by atoms with Crippen molar-refractivity contribution in [2.75, 3.05) is 5.32 Å². The summed E-state index contributed by atoms with van der Waals surface area (Å²) in [6, 6.07) is 25.1. The number of rotatable bonds is 7. The molecule has 0 saturated heterocycles. The Kier molecular flexibility index (Phi) is 5.96. The Balaban J connectivity index is 1.17. The molecule has 0 aliphatic carbocycles. The molecule has 2 heterocycles. The summed E-state index contributed by atoms with van der Waals surface area (Å²) < 4.78 is 4.04. The highest BCUT2D eigenvalue weighted by Crippen LogP contribution is 2.30. The van der Waals surface area contributed by atoms with Crippen LogP contribution in [0.2, 0.25) is 0 Å². The lowest BCUT2D eigenvalue weighted by molar-refractivity contribution is 0.102. The number of aromatic nitrogens is 4. The van der Waals surface area contributed by atoms with Crippen molar-refractivity contribution in [3.05, 3.63) is 102 Å². The molecule has 1 amide bonds. The van der Waals surface area contributed by atoms with Gasteiger partial charge in [0.2, 0.25) is 0 Å². The molecule has 0 spiro atoms. The van der Waals surface area contributed by atoms with E-state index in [1.165, 1.54) is 4.70 Å². The number of hydrogen-bond donors (Lipinski definition) is 1. The van der Waals surface area contributed by atoms with Crippen LogP contribution in [0.15, 0.2) is 89.4 Å². The van der Waals surface area contributed by atoms with Crippen LogP contribution in [0.25, 0.3) is 10.2 Å². The van der Waals surface area contributed by atoms with Gasteiger partial charge in [-0.2, -0.15) is 0 Å². The summed E-state index contributed by atoms with van der Waals surface area (Å²) in [6.45, 7) is 0.597. The molecule has 5 aromatic rings. The third-order valence-corrected chi connectivity index (χ3v) is 7.01. The number of nitrogens with one attached hydrogen (secondary N) is 1. The van der Waals surface area contributed by atoms with Crippen LogP contribution in [0, 0.1) is 0 Å². The summed E-state index contributed by atoms with van der Waals surface area (Å²) in [6.07, 6.45) is 1.95. The second-order valence-electron chi connectivity index (χ2n) is 7.16. The molecular weight excluding hydrogens is 438 g/mol. The highest BCUT2D eigenvalue weighted by Gasteiger charge is 2.09. The molecule has 0 atom stereocenters. The van der Waals surface area contributed by atoms with E-state index >= 15 is 0 Å². The largest absolute Gasteiger partial charge is 0.322 e. The minimum atomic E-state index is -0.127. The lowest BCUT2D eigenvalue weighted by Crippen LogP contribution is -2.11. The third kappa shape index (κ3) is 4.87. The minimum absolute atomic E-state index is 0.127. The monoisotopic (exact) mass is 457 g/mol. The van der Waals surface area contributed by atoms with Crippen molar-refractivity contribution in [2.24, 2.45) is 0 Å². The molecule has 32 heavy (non-hydrogen) atoms. The Hall–Kier alpha value is -3.49. The van der Waals surface area contributed by atoms with Crippen LogP contribution in [0.5, 0.6) is 0 Å².